The third-order valence-electron chi connectivity index (χ3n) is 12.9. The Morgan fingerprint density at radius 1 is 0.971 bits per heavy atom. The maximum absolute atomic E-state index is 14.9. The molecule has 0 unspecified atom stereocenters. The summed E-state index contributed by atoms with van der Waals surface area (Å²) in [5.41, 5.74) is -0.686. The number of amides is 2. The van der Waals surface area contributed by atoms with Crippen molar-refractivity contribution in [1.29, 1.82) is 0 Å². The van der Waals surface area contributed by atoms with Crippen LogP contribution in [-0.4, -0.2) is 105 Å². The number of nitrogens with one attached hydrogen (secondary N) is 2. The molecule has 1 aromatic carbocycles. The number of ether oxygens (including phenoxy) is 3. The van der Waals surface area contributed by atoms with Crippen molar-refractivity contribution in [2.45, 2.75) is 148 Å². The predicted molar refractivity (Wildman–Crippen MR) is 262 cm³/mol. The minimum absolute atomic E-state index is 0.0324. The molecular formula is C47H63ClN6O13S3. The molecule has 5 fully saturated rings. The van der Waals surface area contributed by atoms with Crippen LogP contribution in [0.5, 0.6) is 11.5 Å². The molecule has 0 radical (unpaired) electrons. The van der Waals surface area contributed by atoms with Gasteiger partial charge in [-0.3, -0.25) is 27.5 Å². The Balaban J connectivity index is 0.000000820. The first kappa shape index (κ1) is 53.4. The lowest BCUT2D eigenvalue weighted by Crippen LogP contribution is -2.48. The fraction of sp³-hybridized carbons (Fsp3) is 0.617. The molecule has 4 aliphatic carbocycles. The van der Waals surface area contributed by atoms with Crippen molar-refractivity contribution in [3.05, 3.63) is 41.3 Å². The number of benzene rings is 1. The molecule has 4 N–H and O–H groups in total. The van der Waals surface area contributed by atoms with Crippen molar-refractivity contribution in [2.24, 2.45) is 27.8 Å². The van der Waals surface area contributed by atoms with E-state index < -0.39 is 85.1 Å². The molecule has 2 amide bonds. The molecule has 23 heteroatoms. The molecule has 0 spiro atoms. The van der Waals surface area contributed by atoms with Gasteiger partial charge in [0.15, 0.2) is 10.9 Å². The first-order valence-electron chi connectivity index (χ1n) is 23.6. The van der Waals surface area contributed by atoms with Gasteiger partial charge in [-0.25, -0.2) is 19.8 Å². The number of thiazole rings is 1. The molecule has 3 heterocycles. The number of carbonyl (C=O) groups excluding carboxylic acids is 4. The zero-order chi connectivity index (χ0) is 50.9. The van der Waals surface area contributed by atoms with Crippen LogP contribution < -0.4 is 24.7 Å². The van der Waals surface area contributed by atoms with Crippen LogP contribution in [0.4, 0.5) is 5.13 Å². The highest BCUT2D eigenvalue weighted by molar-refractivity contribution is 7.85. The molecule has 2 aromatic heterocycles. The summed E-state index contributed by atoms with van der Waals surface area (Å²) >= 11 is 8.28. The van der Waals surface area contributed by atoms with Gasteiger partial charge >= 0.3 is 26.6 Å². The number of hydrogen-bond donors (Lipinski definition) is 3. The number of esters is 1. The molecule has 0 bridgehead atoms. The van der Waals surface area contributed by atoms with Gasteiger partial charge < -0.3 is 24.4 Å². The summed E-state index contributed by atoms with van der Waals surface area (Å²) in [5.74, 6) is -2.79. The number of hydrogen-bond acceptors (Lipinski definition) is 17. The Morgan fingerprint density at radius 3 is 2.21 bits per heavy atom. The molecule has 19 nitrogen and oxygen atoms in total. The number of nitrogens with zero attached hydrogens (tertiary/aromatic N) is 3. The lowest BCUT2D eigenvalue weighted by molar-refractivity contribution is -0.156. The van der Waals surface area contributed by atoms with Crippen LogP contribution in [0.15, 0.2) is 36.2 Å². The standard InChI is InChI=1S/C44H56ClN5O10S2.C3H7NO3S/c1-8-25-20-44(25,41(54)49-62(55,56)60-27-13-14-27)21-34(51)33-17-28(22-50(33)40(53)30(43(4,5)6)18-37(52)59-26-11-9-10-12-26)58-36-19-31(32-23-61-42(48-32)46-24(2)3)47-39-29(36)15-16-35(57-7)38(39)45;4-8(5,6)7-3-1-2-3/h8,15-16,19,23-28,30,33H,1,9-14,17-18,20-22H2,2-7H3,(H,46,48)(H,49,54);3H,1-2H2,(H2,4,5,6)/t25-,28-,30-,33+,44-;/m1./s1. The number of nitrogens with two attached hydrogens (primary N) is 1. The van der Waals surface area contributed by atoms with Crippen LogP contribution in [0, 0.1) is 22.7 Å². The number of allylic oxidation sites excluding steroid dienone is 1. The summed E-state index contributed by atoms with van der Waals surface area (Å²) in [7, 11) is -6.57. The van der Waals surface area contributed by atoms with Gasteiger partial charge in [-0.2, -0.15) is 16.8 Å². The van der Waals surface area contributed by atoms with E-state index in [-0.39, 0.29) is 55.5 Å². The number of likely N-dealkylation sites (tertiary alicyclic amines) is 1. The minimum Gasteiger partial charge on any atom is -0.495 e. The second kappa shape index (κ2) is 21.3. The quantitative estimate of drug-likeness (QED) is 0.0777. The van der Waals surface area contributed by atoms with Gasteiger partial charge in [-0.15, -0.1) is 17.9 Å². The number of pyridine rings is 1. The van der Waals surface area contributed by atoms with Gasteiger partial charge in [0.1, 0.15) is 34.4 Å². The Kier molecular flexibility index (Phi) is 16.3. The molecular weight excluding hydrogens is 988 g/mol. The van der Waals surface area contributed by atoms with Crippen molar-refractivity contribution in [3.63, 3.8) is 0 Å². The zero-order valence-corrected chi connectivity index (χ0v) is 43.4. The van der Waals surface area contributed by atoms with Gasteiger partial charge in [0.2, 0.25) is 11.8 Å². The summed E-state index contributed by atoms with van der Waals surface area (Å²) in [6, 6.07) is 4.29. The topological polar surface area (TPSA) is 262 Å². The van der Waals surface area contributed by atoms with Crippen molar-refractivity contribution in [3.8, 4) is 22.9 Å². The van der Waals surface area contributed by atoms with Gasteiger partial charge in [0.25, 0.3) is 0 Å². The average Bonchev–Trinajstić information content (AvgIpc) is 4.22. The first-order chi connectivity index (χ1) is 32.9. The number of aromatic nitrogens is 2. The lowest BCUT2D eigenvalue weighted by atomic mass is 9.77. The highest BCUT2D eigenvalue weighted by Gasteiger charge is 2.61. The molecule has 1 aliphatic heterocycles. The van der Waals surface area contributed by atoms with E-state index in [9.17, 15) is 36.0 Å². The van der Waals surface area contributed by atoms with Crippen LogP contribution >= 0.6 is 22.9 Å². The molecule has 384 valence electrons. The zero-order valence-electron chi connectivity index (χ0n) is 40.2. The van der Waals surface area contributed by atoms with E-state index in [4.69, 9.17) is 40.0 Å². The Hall–Kier alpha value is -4.45. The highest BCUT2D eigenvalue weighted by atomic mass is 35.5. The van der Waals surface area contributed by atoms with E-state index in [1.54, 1.807) is 18.2 Å². The second-order valence-electron chi connectivity index (χ2n) is 20.1. The van der Waals surface area contributed by atoms with Gasteiger partial charge in [-0.05, 0) is 95.1 Å². The number of carbonyl (C=O) groups is 4. The molecule has 70 heavy (non-hydrogen) atoms. The molecule has 8 rings (SSSR count). The number of halogens is 1. The van der Waals surface area contributed by atoms with E-state index >= 15 is 0 Å². The van der Waals surface area contributed by atoms with E-state index in [0.717, 1.165) is 38.5 Å². The summed E-state index contributed by atoms with van der Waals surface area (Å²) < 4.78 is 75.0. The minimum atomic E-state index is -4.42. The second-order valence-corrected chi connectivity index (χ2v) is 23.9. The number of methoxy groups -OCH3 is 1. The SMILES string of the molecule is C=C[C@@H]1C[C@]1(CC(=O)[C@@H]1C[C@@H](Oc2cc(-c3csc(NC(C)C)n3)nc3c(Cl)c(OC)ccc23)CN1C(=O)[C@@H](CC(=O)OC1CCCC1)C(C)(C)C)C(=O)NS(=O)(=O)OC1CC1.NS(=O)(=O)OC1CC1. The monoisotopic (exact) mass is 1050 g/mol. The first-order valence-corrected chi connectivity index (χ1v) is 27.7. The fourth-order valence-corrected chi connectivity index (χ4v) is 11.6. The van der Waals surface area contributed by atoms with Crippen molar-refractivity contribution < 1.29 is 58.6 Å². The third-order valence-corrected chi connectivity index (χ3v) is 15.6. The number of rotatable bonds is 20. The Labute approximate surface area is 418 Å². The molecule has 5 atom stereocenters. The van der Waals surface area contributed by atoms with Crippen LogP contribution in [-0.2, 0) is 52.9 Å². The maximum atomic E-state index is 14.9. The summed E-state index contributed by atoms with van der Waals surface area (Å²) in [6.45, 7) is 13.4. The van der Waals surface area contributed by atoms with E-state index in [1.807, 2.05) is 44.7 Å². The van der Waals surface area contributed by atoms with Crippen LogP contribution in [0.1, 0.15) is 112 Å². The third kappa shape index (κ3) is 13.5. The van der Waals surface area contributed by atoms with Gasteiger partial charge in [0.05, 0.1) is 60.9 Å². The van der Waals surface area contributed by atoms with E-state index in [0.29, 0.717) is 51.8 Å². The Morgan fingerprint density at radius 2 is 1.64 bits per heavy atom. The molecule has 3 aromatic rings. The van der Waals surface area contributed by atoms with E-state index in [1.165, 1.54) is 29.4 Å². The summed E-state index contributed by atoms with van der Waals surface area (Å²) in [4.78, 5) is 67.8. The molecule has 4 saturated carbocycles. The number of Topliss-reactive ketones (excluding diaryl/α,β-unsaturated/α-hetero) is 1. The highest BCUT2D eigenvalue weighted by Crippen LogP contribution is 2.57. The normalized spacial score (nSPS) is 23.0. The largest absolute Gasteiger partial charge is 0.495 e. The fourth-order valence-electron chi connectivity index (χ4n) is 8.83. The molecule has 1 saturated heterocycles. The summed E-state index contributed by atoms with van der Waals surface area (Å²) in [6.07, 6.45) is 5.91. The van der Waals surface area contributed by atoms with Crippen molar-refractivity contribution in [2.75, 3.05) is 19.0 Å². The Bertz CT molecular complexity index is 2700. The molecule has 5 aliphatic rings. The smallest absolute Gasteiger partial charge is 0.362 e. The number of ketones is 1. The van der Waals surface area contributed by atoms with Gasteiger partial charge in [-0.1, -0.05) is 38.4 Å². The van der Waals surface area contributed by atoms with Crippen molar-refractivity contribution >= 4 is 83.1 Å². The van der Waals surface area contributed by atoms with Crippen LogP contribution in [0.2, 0.25) is 5.02 Å². The van der Waals surface area contributed by atoms with Crippen molar-refractivity contribution in [1.82, 2.24) is 19.6 Å². The summed E-state index contributed by atoms with van der Waals surface area (Å²) in [5, 5.41) is 11.2. The maximum Gasteiger partial charge on any atom is 0.362 e. The number of fused-ring (bicyclic) bond motifs is 1. The van der Waals surface area contributed by atoms with Gasteiger partial charge in [0, 0.05) is 35.7 Å². The lowest BCUT2D eigenvalue weighted by Gasteiger charge is -2.35. The van der Waals surface area contributed by atoms with Crippen LogP contribution in [0.3, 0.4) is 0 Å². The predicted octanol–water partition coefficient (Wildman–Crippen LogP) is 6.79. The van der Waals surface area contributed by atoms with E-state index in [2.05, 4.69) is 21.2 Å². The van der Waals surface area contributed by atoms with Crippen LogP contribution in [0.25, 0.3) is 22.3 Å². The number of anilines is 1. The average molecular weight is 1050 g/mol.